The minimum Gasteiger partial charge on any atom is -0.494 e. The Morgan fingerprint density at radius 1 is 0.719 bits per heavy atom. The van der Waals surface area contributed by atoms with Gasteiger partial charge in [-0.1, -0.05) is 66.7 Å². The van der Waals surface area contributed by atoms with E-state index in [1.165, 1.54) is 5.56 Å². The van der Waals surface area contributed by atoms with Gasteiger partial charge in [0.15, 0.2) is 0 Å². The zero-order chi connectivity index (χ0) is 22.0. The number of amides is 1. The monoisotopic (exact) mass is 422 g/mol. The van der Waals surface area contributed by atoms with Crippen LogP contribution in [0.2, 0.25) is 0 Å². The van der Waals surface area contributed by atoms with E-state index in [2.05, 4.69) is 34.9 Å². The number of anilines is 3. The molecule has 4 aromatic rings. The van der Waals surface area contributed by atoms with Crippen LogP contribution in [0.15, 0.2) is 109 Å². The molecule has 1 amide bonds. The van der Waals surface area contributed by atoms with Crippen LogP contribution in [0.25, 0.3) is 0 Å². The number of aryl methyl sites for hydroxylation is 1. The Balaban J connectivity index is 1.36. The van der Waals surface area contributed by atoms with Gasteiger partial charge in [0.1, 0.15) is 5.75 Å². The number of para-hydroxylation sites is 2. The van der Waals surface area contributed by atoms with Crippen LogP contribution < -0.4 is 15.4 Å². The van der Waals surface area contributed by atoms with Gasteiger partial charge in [-0.05, 0) is 54.8 Å². The molecule has 0 saturated carbocycles. The molecular weight excluding hydrogens is 396 g/mol. The van der Waals surface area contributed by atoms with E-state index in [4.69, 9.17) is 4.74 Å². The van der Waals surface area contributed by atoms with Crippen LogP contribution in [0.5, 0.6) is 5.75 Å². The standard InChI is InChI=1S/C28H26N2O2/c31-28(26-18-7-8-19-27(26)29-23-14-5-2-6-15-23)30-24-16-9-17-25(21-24)32-20-10-13-22-11-3-1-4-12-22/h1-9,11-12,14-19,21,29H,10,13,20H2,(H,30,31). The van der Waals surface area contributed by atoms with Crippen LogP contribution in [0.4, 0.5) is 17.1 Å². The minimum absolute atomic E-state index is 0.176. The molecule has 0 radical (unpaired) electrons. The van der Waals surface area contributed by atoms with Gasteiger partial charge in [-0.15, -0.1) is 0 Å². The molecule has 0 heterocycles. The summed E-state index contributed by atoms with van der Waals surface area (Å²) in [5.41, 5.74) is 4.26. The molecule has 2 N–H and O–H groups in total. The summed E-state index contributed by atoms with van der Waals surface area (Å²) in [7, 11) is 0. The van der Waals surface area contributed by atoms with E-state index in [0.29, 0.717) is 17.9 Å². The van der Waals surface area contributed by atoms with Gasteiger partial charge in [0.2, 0.25) is 0 Å². The van der Waals surface area contributed by atoms with Gasteiger partial charge in [-0.25, -0.2) is 0 Å². The number of nitrogens with one attached hydrogen (secondary N) is 2. The first-order chi connectivity index (χ1) is 15.8. The van der Waals surface area contributed by atoms with Crippen LogP contribution in [0.3, 0.4) is 0 Å². The van der Waals surface area contributed by atoms with Crippen molar-refractivity contribution in [3.63, 3.8) is 0 Å². The molecule has 32 heavy (non-hydrogen) atoms. The predicted octanol–water partition coefficient (Wildman–Crippen LogP) is 6.69. The Kier molecular flexibility index (Phi) is 7.17. The first-order valence-corrected chi connectivity index (χ1v) is 10.8. The molecule has 160 valence electrons. The molecule has 4 aromatic carbocycles. The Bertz CT molecular complexity index is 1140. The van der Waals surface area contributed by atoms with E-state index in [1.807, 2.05) is 84.9 Å². The maximum absolute atomic E-state index is 13.0. The molecule has 0 bridgehead atoms. The van der Waals surface area contributed by atoms with Crippen LogP contribution >= 0.6 is 0 Å². The van der Waals surface area contributed by atoms with Gasteiger partial charge >= 0.3 is 0 Å². The normalized spacial score (nSPS) is 10.4. The number of hydrogen-bond donors (Lipinski definition) is 2. The van der Waals surface area contributed by atoms with Crippen molar-refractivity contribution in [2.45, 2.75) is 12.8 Å². The van der Waals surface area contributed by atoms with Crippen molar-refractivity contribution in [3.05, 3.63) is 120 Å². The third-order valence-corrected chi connectivity index (χ3v) is 5.04. The largest absolute Gasteiger partial charge is 0.494 e. The van der Waals surface area contributed by atoms with Gasteiger partial charge in [0.25, 0.3) is 5.91 Å². The van der Waals surface area contributed by atoms with Gasteiger partial charge in [-0.2, -0.15) is 0 Å². The molecule has 4 heteroatoms. The smallest absolute Gasteiger partial charge is 0.257 e. The predicted molar refractivity (Wildman–Crippen MR) is 131 cm³/mol. The highest BCUT2D eigenvalue weighted by molar-refractivity contribution is 6.08. The SMILES string of the molecule is O=C(Nc1cccc(OCCCc2ccccc2)c1)c1ccccc1Nc1ccccc1. The fourth-order valence-corrected chi connectivity index (χ4v) is 3.44. The minimum atomic E-state index is -0.176. The maximum atomic E-state index is 13.0. The summed E-state index contributed by atoms with van der Waals surface area (Å²) in [5, 5.41) is 6.29. The zero-order valence-corrected chi connectivity index (χ0v) is 17.8. The quantitative estimate of drug-likeness (QED) is 0.295. The molecule has 0 aliphatic carbocycles. The number of ether oxygens (including phenoxy) is 1. The van der Waals surface area contributed by atoms with Gasteiger partial charge in [0, 0.05) is 17.4 Å². The Morgan fingerprint density at radius 3 is 2.22 bits per heavy atom. The fraction of sp³-hybridized carbons (Fsp3) is 0.107. The average molecular weight is 423 g/mol. The van der Waals surface area contributed by atoms with Crippen LogP contribution in [-0.2, 0) is 6.42 Å². The van der Waals surface area contributed by atoms with Crippen LogP contribution in [0.1, 0.15) is 22.3 Å². The lowest BCUT2D eigenvalue weighted by atomic mass is 10.1. The van der Waals surface area contributed by atoms with Crippen LogP contribution in [0, 0.1) is 0 Å². The van der Waals surface area contributed by atoms with Crippen molar-refractivity contribution in [2.24, 2.45) is 0 Å². The van der Waals surface area contributed by atoms with E-state index in [-0.39, 0.29) is 5.91 Å². The zero-order valence-electron chi connectivity index (χ0n) is 17.8. The molecule has 0 aliphatic rings. The fourth-order valence-electron chi connectivity index (χ4n) is 3.44. The highest BCUT2D eigenvalue weighted by atomic mass is 16.5. The maximum Gasteiger partial charge on any atom is 0.257 e. The Hall–Kier alpha value is -4.05. The molecule has 0 fully saturated rings. The molecule has 4 rings (SSSR count). The van der Waals surface area contributed by atoms with E-state index >= 15 is 0 Å². The highest BCUT2D eigenvalue weighted by Gasteiger charge is 2.12. The molecule has 0 aromatic heterocycles. The lowest BCUT2D eigenvalue weighted by Gasteiger charge is -2.13. The van der Waals surface area contributed by atoms with Gasteiger partial charge in [-0.3, -0.25) is 4.79 Å². The van der Waals surface area contributed by atoms with Crippen LogP contribution in [-0.4, -0.2) is 12.5 Å². The van der Waals surface area contributed by atoms with Gasteiger partial charge in [0.05, 0.1) is 17.9 Å². The first kappa shape index (κ1) is 21.2. The molecule has 4 nitrogen and oxygen atoms in total. The van der Waals surface area contributed by atoms with Crippen molar-refractivity contribution in [1.29, 1.82) is 0 Å². The van der Waals surface area contributed by atoms with Crippen molar-refractivity contribution in [1.82, 2.24) is 0 Å². The second-order valence-electron chi connectivity index (χ2n) is 7.46. The third-order valence-electron chi connectivity index (χ3n) is 5.04. The third kappa shape index (κ3) is 5.99. The molecule has 0 aliphatic heterocycles. The van der Waals surface area contributed by atoms with Crippen molar-refractivity contribution in [2.75, 3.05) is 17.2 Å². The first-order valence-electron chi connectivity index (χ1n) is 10.8. The van der Waals surface area contributed by atoms with E-state index in [0.717, 1.165) is 30.0 Å². The molecule has 0 saturated heterocycles. The number of hydrogen-bond acceptors (Lipinski definition) is 3. The Morgan fingerprint density at radius 2 is 1.41 bits per heavy atom. The second-order valence-corrected chi connectivity index (χ2v) is 7.46. The number of carbonyl (C=O) groups is 1. The highest BCUT2D eigenvalue weighted by Crippen LogP contribution is 2.23. The summed E-state index contributed by atoms with van der Waals surface area (Å²) in [6, 6.07) is 35.2. The number of rotatable bonds is 9. The summed E-state index contributed by atoms with van der Waals surface area (Å²) in [6.07, 6.45) is 1.90. The summed E-state index contributed by atoms with van der Waals surface area (Å²) in [6.45, 7) is 0.621. The summed E-state index contributed by atoms with van der Waals surface area (Å²) >= 11 is 0. The van der Waals surface area contributed by atoms with Crippen molar-refractivity contribution < 1.29 is 9.53 Å². The van der Waals surface area contributed by atoms with Crippen molar-refractivity contribution in [3.8, 4) is 5.75 Å². The summed E-state index contributed by atoms with van der Waals surface area (Å²) in [5.74, 6) is 0.566. The topological polar surface area (TPSA) is 50.4 Å². The molecule has 0 unspecified atom stereocenters. The second kappa shape index (κ2) is 10.8. The average Bonchev–Trinajstić information content (AvgIpc) is 2.84. The van der Waals surface area contributed by atoms with Crippen molar-refractivity contribution >= 4 is 23.0 Å². The van der Waals surface area contributed by atoms with E-state index in [9.17, 15) is 4.79 Å². The lowest BCUT2D eigenvalue weighted by Crippen LogP contribution is -2.14. The van der Waals surface area contributed by atoms with E-state index in [1.54, 1.807) is 0 Å². The Labute approximate surface area is 188 Å². The summed E-state index contributed by atoms with van der Waals surface area (Å²) in [4.78, 5) is 13.0. The lowest BCUT2D eigenvalue weighted by molar-refractivity contribution is 0.102. The molecular formula is C28H26N2O2. The summed E-state index contributed by atoms with van der Waals surface area (Å²) < 4.78 is 5.89. The number of carbonyl (C=O) groups excluding carboxylic acids is 1. The molecule has 0 spiro atoms. The number of benzene rings is 4. The van der Waals surface area contributed by atoms with Gasteiger partial charge < -0.3 is 15.4 Å². The van der Waals surface area contributed by atoms with E-state index < -0.39 is 0 Å². The molecule has 0 atom stereocenters.